The van der Waals surface area contributed by atoms with Gasteiger partial charge in [-0.1, -0.05) is 5.10 Å². The highest BCUT2D eigenvalue weighted by atomic mass is 16.5. The first-order valence-electron chi connectivity index (χ1n) is 7.18. The molecule has 0 bridgehead atoms. The summed E-state index contributed by atoms with van der Waals surface area (Å²) < 4.78 is 10.9. The Bertz CT molecular complexity index is 727. The molecule has 0 atom stereocenters. The maximum absolute atomic E-state index is 11.7. The fraction of sp³-hybridized carbons (Fsp3) is 0.357. The van der Waals surface area contributed by atoms with Gasteiger partial charge in [-0.25, -0.2) is 5.43 Å². The molecule has 1 amide bonds. The van der Waals surface area contributed by atoms with Crippen molar-refractivity contribution in [3.05, 3.63) is 23.8 Å². The van der Waals surface area contributed by atoms with Crippen LogP contribution in [0.2, 0.25) is 0 Å². The minimum atomic E-state index is -0.407. The maximum Gasteiger partial charge on any atom is 0.263 e. The number of hydrogen-bond acceptors (Lipinski definition) is 8. The van der Waals surface area contributed by atoms with Crippen LogP contribution in [0.15, 0.2) is 23.3 Å². The molecule has 2 aromatic rings. The molecule has 10 nitrogen and oxygen atoms in total. The molecule has 0 saturated heterocycles. The molecule has 0 fully saturated rings. The lowest BCUT2D eigenvalue weighted by Gasteiger charge is -2.13. The van der Waals surface area contributed by atoms with Gasteiger partial charge < -0.3 is 15.2 Å². The second-order valence-electron chi connectivity index (χ2n) is 5.05. The normalized spacial score (nSPS) is 11.0. The van der Waals surface area contributed by atoms with E-state index < -0.39 is 5.91 Å². The fourth-order valence-electron chi connectivity index (χ4n) is 1.78. The fourth-order valence-corrected chi connectivity index (χ4v) is 1.78. The second-order valence-corrected chi connectivity index (χ2v) is 5.05. The summed E-state index contributed by atoms with van der Waals surface area (Å²) >= 11 is 0. The van der Waals surface area contributed by atoms with E-state index in [-0.39, 0.29) is 18.6 Å². The molecule has 0 unspecified atom stereocenters. The van der Waals surface area contributed by atoms with E-state index in [9.17, 15) is 4.79 Å². The Labute approximate surface area is 138 Å². The number of carbonyl (C=O) groups is 1. The number of amides is 1. The number of nitrogen functional groups attached to an aromatic ring is 1. The molecular formula is C14H19N7O3. The molecule has 0 spiro atoms. The zero-order valence-corrected chi connectivity index (χ0v) is 13.6. The second kappa shape index (κ2) is 7.90. The van der Waals surface area contributed by atoms with E-state index in [1.165, 1.54) is 6.21 Å². The van der Waals surface area contributed by atoms with Gasteiger partial charge in [-0.15, -0.1) is 5.10 Å². The first-order chi connectivity index (χ1) is 11.5. The van der Waals surface area contributed by atoms with E-state index in [0.717, 1.165) is 10.4 Å². The minimum absolute atomic E-state index is 0.00195. The molecule has 0 aliphatic carbocycles. The van der Waals surface area contributed by atoms with Crippen LogP contribution in [-0.2, 0) is 11.3 Å². The Kier molecular flexibility index (Phi) is 5.66. The summed E-state index contributed by atoms with van der Waals surface area (Å²) in [5.41, 5.74) is 8.42. The molecule has 3 N–H and O–H groups in total. The first kappa shape index (κ1) is 17.2. The van der Waals surface area contributed by atoms with Crippen molar-refractivity contribution in [2.75, 3.05) is 12.8 Å². The van der Waals surface area contributed by atoms with E-state index in [0.29, 0.717) is 11.5 Å². The van der Waals surface area contributed by atoms with Gasteiger partial charge in [0, 0.05) is 0 Å². The number of carbonyl (C=O) groups excluding carboxylic acids is 1. The summed E-state index contributed by atoms with van der Waals surface area (Å²) in [5.74, 6) is 0.822. The Balaban J connectivity index is 1.94. The Morgan fingerprint density at radius 2 is 2.25 bits per heavy atom. The number of anilines is 1. The monoisotopic (exact) mass is 333 g/mol. The van der Waals surface area contributed by atoms with Gasteiger partial charge in [0.05, 0.1) is 19.4 Å². The molecule has 0 aliphatic heterocycles. The van der Waals surface area contributed by atoms with Crippen LogP contribution in [0.5, 0.6) is 11.5 Å². The number of rotatable bonds is 7. The number of tetrazole rings is 1. The molecule has 0 saturated carbocycles. The van der Waals surface area contributed by atoms with E-state index in [2.05, 4.69) is 25.9 Å². The molecule has 24 heavy (non-hydrogen) atoms. The third-order valence-corrected chi connectivity index (χ3v) is 2.71. The smallest absolute Gasteiger partial charge is 0.263 e. The molecule has 0 radical (unpaired) electrons. The van der Waals surface area contributed by atoms with E-state index in [1.54, 1.807) is 25.3 Å². The SMILES string of the molecule is COc1cc(C=NNC(=O)Cn2nnc(N)n2)ccc1OC(C)C. The van der Waals surface area contributed by atoms with Gasteiger partial charge in [-0.2, -0.15) is 9.90 Å². The van der Waals surface area contributed by atoms with Gasteiger partial charge in [-0.3, -0.25) is 4.79 Å². The van der Waals surface area contributed by atoms with E-state index >= 15 is 0 Å². The van der Waals surface area contributed by atoms with Crippen LogP contribution >= 0.6 is 0 Å². The average molecular weight is 333 g/mol. The number of hydrazone groups is 1. The first-order valence-corrected chi connectivity index (χ1v) is 7.18. The Hall–Kier alpha value is -3.17. The third-order valence-electron chi connectivity index (χ3n) is 2.71. The third kappa shape index (κ3) is 4.93. The zero-order chi connectivity index (χ0) is 17.5. The number of nitrogens with two attached hydrogens (primary N) is 1. The van der Waals surface area contributed by atoms with Crippen molar-refractivity contribution in [3.63, 3.8) is 0 Å². The lowest BCUT2D eigenvalue weighted by atomic mass is 10.2. The molecular weight excluding hydrogens is 314 g/mol. The highest BCUT2D eigenvalue weighted by Gasteiger charge is 2.07. The van der Waals surface area contributed by atoms with Gasteiger partial charge in [-0.05, 0) is 42.8 Å². The Morgan fingerprint density at radius 3 is 2.88 bits per heavy atom. The molecule has 10 heteroatoms. The molecule has 1 heterocycles. The van der Waals surface area contributed by atoms with Crippen LogP contribution in [0.3, 0.4) is 0 Å². The van der Waals surface area contributed by atoms with Gasteiger partial charge in [0.15, 0.2) is 11.5 Å². The van der Waals surface area contributed by atoms with Crippen LogP contribution < -0.4 is 20.6 Å². The molecule has 128 valence electrons. The summed E-state index contributed by atoms with van der Waals surface area (Å²) in [7, 11) is 1.56. The van der Waals surface area contributed by atoms with Crippen molar-refractivity contribution in [1.82, 2.24) is 25.6 Å². The number of ether oxygens (including phenoxy) is 2. The van der Waals surface area contributed by atoms with Gasteiger partial charge in [0.1, 0.15) is 6.54 Å². The van der Waals surface area contributed by atoms with Crippen LogP contribution in [-0.4, -0.2) is 45.5 Å². The number of nitrogens with zero attached hydrogens (tertiary/aromatic N) is 5. The summed E-state index contributed by atoms with van der Waals surface area (Å²) in [6, 6.07) is 5.34. The molecule has 1 aromatic carbocycles. The number of nitrogens with one attached hydrogen (secondary N) is 1. The quantitative estimate of drug-likeness (QED) is 0.547. The van der Waals surface area contributed by atoms with Crippen molar-refractivity contribution < 1.29 is 14.3 Å². The summed E-state index contributed by atoms with van der Waals surface area (Å²) in [6.45, 7) is 3.73. The van der Waals surface area contributed by atoms with Gasteiger partial charge in [0.25, 0.3) is 11.9 Å². The van der Waals surface area contributed by atoms with Crippen molar-refractivity contribution in [1.29, 1.82) is 0 Å². The summed E-state index contributed by atoms with van der Waals surface area (Å²) in [4.78, 5) is 12.7. The van der Waals surface area contributed by atoms with Crippen LogP contribution in [0, 0.1) is 0 Å². The topological polar surface area (TPSA) is 130 Å². The largest absolute Gasteiger partial charge is 0.493 e. The summed E-state index contributed by atoms with van der Waals surface area (Å²) in [5, 5.41) is 14.6. The van der Waals surface area contributed by atoms with Crippen LogP contribution in [0.25, 0.3) is 0 Å². The van der Waals surface area contributed by atoms with E-state index in [1.807, 2.05) is 13.8 Å². The van der Waals surface area contributed by atoms with Crippen LogP contribution in [0.4, 0.5) is 5.95 Å². The standard InChI is InChI=1S/C14H19N7O3/c1-9(2)24-11-5-4-10(6-12(11)23-3)7-16-17-13(22)8-21-19-14(15)18-20-21/h4-7,9H,8H2,1-3H3,(H2,15,19)(H,17,22). The van der Waals surface area contributed by atoms with Crippen molar-refractivity contribution in [2.24, 2.45) is 5.10 Å². The lowest BCUT2D eigenvalue weighted by molar-refractivity contribution is -0.122. The van der Waals surface area contributed by atoms with Gasteiger partial charge in [0.2, 0.25) is 0 Å². The van der Waals surface area contributed by atoms with E-state index in [4.69, 9.17) is 15.2 Å². The van der Waals surface area contributed by atoms with Crippen molar-refractivity contribution in [3.8, 4) is 11.5 Å². The minimum Gasteiger partial charge on any atom is -0.493 e. The molecule has 2 rings (SSSR count). The predicted octanol–water partition coefficient (Wildman–Crippen LogP) is 0.201. The lowest BCUT2D eigenvalue weighted by Crippen LogP contribution is -2.24. The van der Waals surface area contributed by atoms with Gasteiger partial charge >= 0.3 is 0 Å². The highest BCUT2D eigenvalue weighted by molar-refractivity contribution is 5.83. The number of aromatic nitrogens is 4. The molecule has 0 aliphatic rings. The predicted molar refractivity (Wildman–Crippen MR) is 86.7 cm³/mol. The van der Waals surface area contributed by atoms with Crippen molar-refractivity contribution >= 4 is 18.1 Å². The highest BCUT2D eigenvalue weighted by Crippen LogP contribution is 2.28. The average Bonchev–Trinajstić information content (AvgIpc) is 2.93. The maximum atomic E-state index is 11.7. The number of methoxy groups -OCH3 is 1. The summed E-state index contributed by atoms with van der Waals surface area (Å²) in [6.07, 6.45) is 1.53. The number of hydrogen-bond donors (Lipinski definition) is 2. The van der Waals surface area contributed by atoms with Crippen molar-refractivity contribution in [2.45, 2.75) is 26.5 Å². The molecule has 1 aromatic heterocycles. The zero-order valence-electron chi connectivity index (χ0n) is 13.6. The number of benzene rings is 1. The van der Waals surface area contributed by atoms with Crippen LogP contribution in [0.1, 0.15) is 19.4 Å². The Morgan fingerprint density at radius 1 is 1.46 bits per heavy atom.